The van der Waals surface area contributed by atoms with Crippen LogP contribution >= 0.6 is 12.2 Å². The summed E-state index contributed by atoms with van der Waals surface area (Å²) in [6.45, 7) is 10.4. The number of hydrogen-bond acceptors (Lipinski definition) is 2. The van der Waals surface area contributed by atoms with Gasteiger partial charge in [0.2, 0.25) is 0 Å². The molecule has 2 atom stereocenters. The largest absolute Gasteiger partial charge is 0.372 e. The lowest BCUT2D eigenvalue weighted by Gasteiger charge is -2.37. The van der Waals surface area contributed by atoms with E-state index in [1.807, 2.05) is 0 Å². The van der Waals surface area contributed by atoms with E-state index in [0.717, 1.165) is 23.6 Å². The molecule has 0 amide bonds. The smallest absolute Gasteiger partial charge is 0.109 e. The van der Waals surface area contributed by atoms with Gasteiger partial charge < -0.3 is 9.64 Å². The minimum absolute atomic E-state index is 0.247. The quantitative estimate of drug-likeness (QED) is 0.767. The Morgan fingerprint density at radius 1 is 1.16 bits per heavy atom. The zero-order valence-electron chi connectivity index (χ0n) is 12.2. The second-order valence-corrected chi connectivity index (χ2v) is 6.13. The summed E-state index contributed by atoms with van der Waals surface area (Å²) in [5.74, 6) is 0.561. The van der Waals surface area contributed by atoms with Crippen molar-refractivity contribution in [3.63, 3.8) is 0 Å². The first-order valence-electron chi connectivity index (χ1n) is 7.02. The van der Waals surface area contributed by atoms with E-state index in [0.29, 0.717) is 5.92 Å². The van der Waals surface area contributed by atoms with Crippen LogP contribution in [0.5, 0.6) is 0 Å². The van der Waals surface area contributed by atoms with E-state index in [1.165, 1.54) is 5.56 Å². The summed E-state index contributed by atoms with van der Waals surface area (Å²) in [6.07, 6.45) is 0.494. The minimum Gasteiger partial charge on any atom is -0.372 e. The van der Waals surface area contributed by atoms with Gasteiger partial charge in [-0.25, -0.2) is 0 Å². The van der Waals surface area contributed by atoms with Crippen molar-refractivity contribution in [3.05, 3.63) is 35.4 Å². The molecule has 104 valence electrons. The lowest BCUT2D eigenvalue weighted by molar-refractivity contribution is -0.0472. The van der Waals surface area contributed by atoms with E-state index in [9.17, 15) is 0 Å². The van der Waals surface area contributed by atoms with Crippen LogP contribution < -0.4 is 0 Å². The Hall–Kier alpha value is -0.930. The number of thiocarbonyl (C=S) groups is 1. The normalized spacial score (nSPS) is 23.7. The maximum absolute atomic E-state index is 5.75. The van der Waals surface area contributed by atoms with Gasteiger partial charge in [0.05, 0.1) is 12.2 Å². The minimum atomic E-state index is 0.247. The molecule has 3 heteroatoms. The highest BCUT2D eigenvalue weighted by molar-refractivity contribution is 7.80. The molecule has 1 aromatic rings. The van der Waals surface area contributed by atoms with Crippen LogP contribution in [0.4, 0.5) is 0 Å². The third-order valence-corrected chi connectivity index (χ3v) is 4.03. The fraction of sp³-hybridized carbons (Fsp3) is 0.562. The van der Waals surface area contributed by atoms with Gasteiger partial charge in [0.1, 0.15) is 4.99 Å². The second-order valence-electron chi connectivity index (χ2n) is 5.74. The maximum Gasteiger partial charge on any atom is 0.109 e. The van der Waals surface area contributed by atoms with Crippen LogP contribution in [0.25, 0.3) is 0 Å². The first-order valence-corrected chi connectivity index (χ1v) is 7.43. The second kappa shape index (κ2) is 6.02. The van der Waals surface area contributed by atoms with Gasteiger partial charge in [-0.15, -0.1) is 0 Å². The predicted octanol–water partition coefficient (Wildman–Crippen LogP) is 3.59. The summed E-state index contributed by atoms with van der Waals surface area (Å²) in [4.78, 5) is 3.20. The van der Waals surface area contributed by atoms with Crippen molar-refractivity contribution in [3.8, 4) is 0 Å². The molecule has 1 aliphatic heterocycles. The number of rotatable bonds is 2. The molecule has 1 heterocycles. The highest BCUT2D eigenvalue weighted by Crippen LogP contribution is 2.18. The summed E-state index contributed by atoms with van der Waals surface area (Å²) < 4.78 is 5.75. The summed E-state index contributed by atoms with van der Waals surface area (Å²) in [5, 5.41) is 0. The Morgan fingerprint density at radius 2 is 1.68 bits per heavy atom. The Balaban J connectivity index is 2.10. The molecule has 1 fully saturated rings. The lowest BCUT2D eigenvalue weighted by atomic mass is 10.0. The van der Waals surface area contributed by atoms with Crippen LogP contribution in [0, 0.1) is 0 Å². The van der Waals surface area contributed by atoms with Gasteiger partial charge in [0.25, 0.3) is 0 Å². The van der Waals surface area contributed by atoms with E-state index in [1.54, 1.807) is 0 Å². The van der Waals surface area contributed by atoms with Crippen molar-refractivity contribution in [2.75, 3.05) is 13.1 Å². The van der Waals surface area contributed by atoms with E-state index >= 15 is 0 Å². The molecule has 2 unspecified atom stereocenters. The number of benzene rings is 1. The molecule has 0 aromatic heterocycles. The van der Waals surface area contributed by atoms with Crippen LogP contribution in [-0.4, -0.2) is 35.2 Å². The molecule has 0 aliphatic carbocycles. The SMILES string of the molecule is CC1CN(C(=S)c2ccc(C(C)C)cc2)CC(C)O1. The van der Waals surface area contributed by atoms with Crippen molar-refractivity contribution in [2.45, 2.75) is 45.8 Å². The molecule has 1 aliphatic rings. The number of nitrogens with zero attached hydrogens (tertiary/aromatic N) is 1. The third kappa shape index (κ3) is 3.54. The van der Waals surface area contributed by atoms with Gasteiger partial charge in [-0.1, -0.05) is 50.3 Å². The lowest BCUT2D eigenvalue weighted by Crippen LogP contribution is -2.47. The average molecular weight is 277 g/mol. The van der Waals surface area contributed by atoms with E-state index < -0.39 is 0 Å². The molecule has 0 saturated carbocycles. The van der Waals surface area contributed by atoms with E-state index in [4.69, 9.17) is 17.0 Å². The number of morpholine rings is 1. The molecule has 2 rings (SSSR count). The van der Waals surface area contributed by atoms with Gasteiger partial charge in [0, 0.05) is 18.7 Å². The zero-order chi connectivity index (χ0) is 14.0. The zero-order valence-corrected chi connectivity index (χ0v) is 13.0. The van der Waals surface area contributed by atoms with Gasteiger partial charge >= 0.3 is 0 Å². The first kappa shape index (κ1) is 14.5. The van der Waals surface area contributed by atoms with Crippen molar-refractivity contribution in [1.82, 2.24) is 4.90 Å². The predicted molar refractivity (Wildman–Crippen MR) is 83.8 cm³/mol. The Morgan fingerprint density at radius 3 is 2.16 bits per heavy atom. The molecule has 0 bridgehead atoms. The number of hydrogen-bond donors (Lipinski definition) is 0. The Kier molecular flexibility index (Phi) is 4.58. The van der Waals surface area contributed by atoms with Crippen molar-refractivity contribution in [2.24, 2.45) is 0 Å². The highest BCUT2D eigenvalue weighted by Gasteiger charge is 2.24. The molecule has 1 saturated heterocycles. The molecule has 0 spiro atoms. The summed E-state index contributed by atoms with van der Waals surface area (Å²) in [5.41, 5.74) is 2.50. The molecule has 0 radical (unpaired) electrons. The molecular weight excluding hydrogens is 254 g/mol. The van der Waals surface area contributed by atoms with Crippen molar-refractivity contribution < 1.29 is 4.74 Å². The van der Waals surface area contributed by atoms with Crippen LogP contribution in [0.1, 0.15) is 44.7 Å². The van der Waals surface area contributed by atoms with Crippen LogP contribution in [-0.2, 0) is 4.74 Å². The highest BCUT2D eigenvalue weighted by atomic mass is 32.1. The summed E-state index contributed by atoms with van der Waals surface area (Å²) in [6, 6.07) is 8.64. The van der Waals surface area contributed by atoms with Gasteiger partial charge in [-0.2, -0.15) is 0 Å². The van der Waals surface area contributed by atoms with Crippen molar-refractivity contribution >= 4 is 17.2 Å². The molecule has 0 N–H and O–H groups in total. The fourth-order valence-corrected chi connectivity index (χ4v) is 2.82. The average Bonchev–Trinajstić information content (AvgIpc) is 2.37. The summed E-state index contributed by atoms with van der Waals surface area (Å²) >= 11 is 5.63. The molecule has 2 nitrogen and oxygen atoms in total. The first-order chi connectivity index (χ1) is 8.97. The van der Waals surface area contributed by atoms with E-state index in [-0.39, 0.29) is 12.2 Å². The summed E-state index contributed by atoms with van der Waals surface area (Å²) in [7, 11) is 0. The van der Waals surface area contributed by atoms with Gasteiger partial charge in [-0.05, 0) is 25.3 Å². The van der Waals surface area contributed by atoms with Crippen molar-refractivity contribution in [1.29, 1.82) is 0 Å². The third-order valence-electron chi connectivity index (χ3n) is 3.53. The molecule has 19 heavy (non-hydrogen) atoms. The maximum atomic E-state index is 5.75. The van der Waals surface area contributed by atoms with Crippen LogP contribution in [0.15, 0.2) is 24.3 Å². The standard InChI is InChI=1S/C16H23NOS/c1-11(2)14-5-7-15(8-6-14)16(19)17-9-12(3)18-13(4)10-17/h5-8,11-13H,9-10H2,1-4H3. The van der Waals surface area contributed by atoms with Gasteiger partial charge in [-0.3, -0.25) is 0 Å². The van der Waals surface area contributed by atoms with Gasteiger partial charge in [0.15, 0.2) is 0 Å². The topological polar surface area (TPSA) is 12.5 Å². The monoisotopic (exact) mass is 277 g/mol. The molecule has 1 aromatic carbocycles. The fourth-order valence-electron chi connectivity index (χ4n) is 2.54. The Bertz CT molecular complexity index is 431. The van der Waals surface area contributed by atoms with E-state index in [2.05, 4.69) is 56.9 Å². The Labute approximate surface area is 121 Å². The molecular formula is C16H23NOS. The van der Waals surface area contributed by atoms with Crippen LogP contribution in [0.2, 0.25) is 0 Å². The van der Waals surface area contributed by atoms with Crippen LogP contribution in [0.3, 0.4) is 0 Å². The number of ether oxygens (including phenoxy) is 1.